The standard InChI is InChI=1S/C22H16BrCl2N3O2S/c1-29-19-9-14(11-26-28-22-27-18-4-2-3-5-21(18)31-22)15(23)10-20(19)30-12-13-6-7-16(24)17(25)8-13/h2-11H,12H2,1H3,(H,27,28)/b26-11+. The highest BCUT2D eigenvalue weighted by Gasteiger charge is 2.11. The van der Waals surface area contributed by atoms with Crippen molar-refractivity contribution in [3.8, 4) is 11.5 Å². The van der Waals surface area contributed by atoms with Gasteiger partial charge in [-0.3, -0.25) is 5.43 Å². The molecular weight excluding hydrogens is 521 g/mol. The fraction of sp³-hybridized carbons (Fsp3) is 0.0909. The number of hydrogen-bond acceptors (Lipinski definition) is 6. The second-order valence-electron chi connectivity index (χ2n) is 6.42. The summed E-state index contributed by atoms with van der Waals surface area (Å²) in [5.74, 6) is 1.18. The maximum atomic E-state index is 6.07. The average Bonchev–Trinajstić information content (AvgIpc) is 3.18. The number of ether oxygens (including phenoxy) is 2. The van der Waals surface area contributed by atoms with E-state index < -0.39 is 0 Å². The van der Waals surface area contributed by atoms with Crippen molar-refractivity contribution in [2.45, 2.75) is 6.61 Å². The molecule has 9 heteroatoms. The fourth-order valence-corrected chi connectivity index (χ4v) is 4.35. The molecule has 4 aromatic rings. The molecule has 0 spiro atoms. The number of anilines is 1. The summed E-state index contributed by atoms with van der Waals surface area (Å²) in [5, 5.41) is 6.03. The van der Waals surface area contributed by atoms with Gasteiger partial charge in [0.15, 0.2) is 11.5 Å². The molecule has 0 saturated heterocycles. The highest BCUT2D eigenvalue weighted by molar-refractivity contribution is 9.10. The first kappa shape index (κ1) is 21.9. The van der Waals surface area contributed by atoms with Gasteiger partial charge in [0.25, 0.3) is 0 Å². The van der Waals surface area contributed by atoms with Gasteiger partial charge in [0.2, 0.25) is 5.13 Å². The van der Waals surface area contributed by atoms with E-state index in [1.807, 2.05) is 42.5 Å². The van der Waals surface area contributed by atoms with E-state index in [-0.39, 0.29) is 0 Å². The number of aromatic nitrogens is 1. The monoisotopic (exact) mass is 535 g/mol. The van der Waals surface area contributed by atoms with Crippen LogP contribution in [-0.2, 0) is 6.61 Å². The molecule has 1 N–H and O–H groups in total. The van der Waals surface area contributed by atoms with E-state index in [0.717, 1.165) is 30.9 Å². The van der Waals surface area contributed by atoms with Crippen LogP contribution in [0.2, 0.25) is 10.0 Å². The van der Waals surface area contributed by atoms with Gasteiger partial charge >= 0.3 is 0 Å². The fourth-order valence-electron chi connectivity index (χ4n) is 2.79. The lowest BCUT2D eigenvalue weighted by molar-refractivity contribution is 0.284. The molecule has 0 fully saturated rings. The summed E-state index contributed by atoms with van der Waals surface area (Å²) in [6.07, 6.45) is 1.70. The molecule has 0 aliphatic rings. The minimum Gasteiger partial charge on any atom is -0.493 e. The second-order valence-corrected chi connectivity index (χ2v) is 9.12. The summed E-state index contributed by atoms with van der Waals surface area (Å²) in [4.78, 5) is 4.50. The van der Waals surface area contributed by atoms with Crippen LogP contribution in [0.3, 0.4) is 0 Å². The number of para-hydroxylation sites is 1. The summed E-state index contributed by atoms with van der Waals surface area (Å²) in [7, 11) is 1.59. The lowest BCUT2D eigenvalue weighted by Gasteiger charge is -2.13. The molecule has 31 heavy (non-hydrogen) atoms. The number of nitrogens with zero attached hydrogens (tertiary/aromatic N) is 2. The molecule has 158 valence electrons. The molecule has 0 aliphatic heterocycles. The molecule has 1 aromatic heterocycles. The average molecular weight is 537 g/mol. The maximum absolute atomic E-state index is 6.07. The Labute approximate surface area is 201 Å². The Morgan fingerprint density at radius 2 is 1.94 bits per heavy atom. The number of nitrogens with one attached hydrogen (secondary N) is 1. The zero-order valence-corrected chi connectivity index (χ0v) is 20.1. The van der Waals surface area contributed by atoms with Crippen molar-refractivity contribution in [3.05, 3.63) is 80.2 Å². The third-order valence-electron chi connectivity index (χ3n) is 4.32. The van der Waals surface area contributed by atoms with Crippen LogP contribution < -0.4 is 14.9 Å². The van der Waals surface area contributed by atoms with Crippen molar-refractivity contribution in [1.82, 2.24) is 4.98 Å². The van der Waals surface area contributed by atoms with E-state index in [1.165, 1.54) is 0 Å². The van der Waals surface area contributed by atoms with Gasteiger partial charge in [0.05, 0.1) is 33.6 Å². The highest BCUT2D eigenvalue weighted by Crippen LogP contribution is 2.34. The molecule has 0 unspecified atom stereocenters. The van der Waals surface area contributed by atoms with Crippen LogP contribution in [0.15, 0.2) is 64.2 Å². The summed E-state index contributed by atoms with van der Waals surface area (Å²) in [6.45, 7) is 0.326. The minimum absolute atomic E-state index is 0.326. The number of halogens is 3. The highest BCUT2D eigenvalue weighted by atomic mass is 79.9. The van der Waals surface area contributed by atoms with Gasteiger partial charge in [0.1, 0.15) is 6.61 Å². The predicted molar refractivity (Wildman–Crippen MR) is 132 cm³/mol. The third-order valence-corrected chi connectivity index (χ3v) is 6.69. The summed E-state index contributed by atoms with van der Waals surface area (Å²) in [6, 6.07) is 17.0. The first-order valence-electron chi connectivity index (χ1n) is 9.12. The van der Waals surface area contributed by atoms with Crippen molar-refractivity contribution in [1.29, 1.82) is 0 Å². The zero-order valence-electron chi connectivity index (χ0n) is 16.2. The first-order valence-corrected chi connectivity index (χ1v) is 11.5. The molecular formula is C22H16BrCl2N3O2S. The Morgan fingerprint density at radius 3 is 2.71 bits per heavy atom. The van der Waals surface area contributed by atoms with Crippen LogP contribution in [0.1, 0.15) is 11.1 Å². The van der Waals surface area contributed by atoms with Gasteiger partial charge in [-0.15, -0.1) is 0 Å². The molecule has 0 bridgehead atoms. The van der Waals surface area contributed by atoms with Crippen molar-refractivity contribution in [2.75, 3.05) is 12.5 Å². The van der Waals surface area contributed by atoms with Gasteiger partial charge < -0.3 is 9.47 Å². The number of hydrogen-bond donors (Lipinski definition) is 1. The Morgan fingerprint density at radius 1 is 1.10 bits per heavy atom. The number of fused-ring (bicyclic) bond motifs is 1. The SMILES string of the molecule is COc1cc(/C=N/Nc2nc3ccccc3s2)c(Br)cc1OCc1ccc(Cl)c(Cl)c1. The normalized spacial score (nSPS) is 11.2. The topological polar surface area (TPSA) is 55.7 Å². The van der Waals surface area contributed by atoms with Crippen LogP contribution in [0.25, 0.3) is 10.2 Å². The summed E-state index contributed by atoms with van der Waals surface area (Å²) in [5.41, 5.74) is 5.65. The molecule has 0 aliphatic carbocycles. The summed E-state index contributed by atoms with van der Waals surface area (Å²) >= 11 is 17.1. The molecule has 0 saturated carbocycles. The third kappa shape index (κ3) is 5.30. The van der Waals surface area contributed by atoms with Crippen LogP contribution in [0, 0.1) is 0 Å². The Kier molecular flexibility index (Phi) is 6.97. The van der Waals surface area contributed by atoms with E-state index in [2.05, 4.69) is 31.4 Å². The molecule has 3 aromatic carbocycles. The molecule has 0 radical (unpaired) electrons. The van der Waals surface area contributed by atoms with E-state index >= 15 is 0 Å². The second kappa shape index (κ2) is 9.87. The predicted octanol–water partition coefficient (Wildman–Crippen LogP) is 7.40. The molecule has 0 atom stereocenters. The van der Waals surface area contributed by atoms with Gasteiger partial charge in [-0.2, -0.15) is 5.10 Å². The van der Waals surface area contributed by atoms with Crippen LogP contribution >= 0.6 is 50.5 Å². The zero-order chi connectivity index (χ0) is 21.8. The lowest BCUT2D eigenvalue weighted by atomic mass is 10.2. The smallest absolute Gasteiger partial charge is 0.204 e. The van der Waals surface area contributed by atoms with Gasteiger partial charge in [-0.1, -0.05) is 52.7 Å². The largest absolute Gasteiger partial charge is 0.493 e. The molecule has 1 heterocycles. The van der Waals surface area contributed by atoms with E-state index in [4.69, 9.17) is 32.7 Å². The van der Waals surface area contributed by atoms with Crippen LogP contribution in [0.4, 0.5) is 5.13 Å². The molecule has 4 rings (SSSR count). The van der Waals surface area contributed by atoms with Crippen LogP contribution in [-0.4, -0.2) is 18.3 Å². The van der Waals surface area contributed by atoms with E-state index in [1.54, 1.807) is 36.8 Å². The quantitative estimate of drug-likeness (QED) is 0.197. The number of hydrazone groups is 1. The minimum atomic E-state index is 0.326. The van der Waals surface area contributed by atoms with Crippen molar-refractivity contribution >= 4 is 72.0 Å². The molecule has 0 amide bonds. The Balaban J connectivity index is 1.47. The van der Waals surface area contributed by atoms with Crippen LogP contribution in [0.5, 0.6) is 11.5 Å². The van der Waals surface area contributed by atoms with Gasteiger partial charge in [0, 0.05) is 10.0 Å². The van der Waals surface area contributed by atoms with E-state index in [9.17, 15) is 0 Å². The number of thiazole rings is 1. The maximum Gasteiger partial charge on any atom is 0.204 e. The van der Waals surface area contributed by atoms with Crippen molar-refractivity contribution < 1.29 is 9.47 Å². The Bertz CT molecular complexity index is 1230. The Hall–Kier alpha value is -2.32. The number of rotatable bonds is 7. The van der Waals surface area contributed by atoms with E-state index in [0.29, 0.717) is 28.2 Å². The summed E-state index contributed by atoms with van der Waals surface area (Å²) < 4.78 is 13.3. The van der Waals surface area contributed by atoms with Crippen molar-refractivity contribution in [2.24, 2.45) is 5.10 Å². The number of methoxy groups -OCH3 is 1. The first-order chi connectivity index (χ1) is 15.0. The van der Waals surface area contributed by atoms with Gasteiger partial charge in [-0.25, -0.2) is 4.98 Å². The lowest BCUT2D eigenvalue weighted by Crippen LogP contribution is -1.99. The number of benzene rings is 3. The van der Waals surface area contributed by atoms with Crippen molar-refractivity contribution in [3.63, 3.8) is 0 Å². The molecule has 5 nitrogen and oxygen atoms in total. The van der Waals surface area contributed by atoms with Gasteiger partial charge in [-0.05, 0) is 57.9 Å².